The number of carbonyl (C=O) groups excluding carboxylic acids is 1. The van der Waals surface area contributed by atoms with Crippen LogP contribution < -0.4 is 4.90 Å². The first-order chi connectivity index (χ1) is 12.9. The normalized spacial score (nSPS) is 24.0. The molecular formula is C22H26FN3O. The van der Waals surface area contributed by atoms with Crippen LogP contribution >= 0.6 is 0 Å². The van der Waals surface area contributed by atoms with Gasteiger partial charge in [0.15, 0.2) is 0 Å². The Bertz CT molecular complexity index is 866. The predicted octanol–water partition coefficient (Wildman–Crippen LogP) is 4.05. The molecule has 4 nitrogen and oxygen atoms in total. The maximum absolute atomic E-state index is 13.8. The van der Waals surface area contributed by atoms with Gasteiger partial charge in [0, 0.05) is 42.8 Å². The van der Waals surface area contributed by atoms with Crippen molar-refractivity contribution < 1.29 is 9.18 Å². The lowest BCUT2D eigenvalue weighted by Gasteiger charge is -2.42. The van der Waals surface area contributed by atoms with E-state index in [1.54, 1.807) is 24.5 Å². The molecule has 0 unspecified atom stereocenters. The highest BCUT2D eigenvalue weighted by Crippen LogP contribution is 2.44. The minimum Gasteiger partial charge on any atom is -0.363 e. The van der Waals surface area contributed by atoms with Gasteiger partial charge in [-0.3, -0.25) is 9.78 Å². The van der Waals surface area contributed by atoms with Crippen LogP contribution in [0.15, 0.2) is 42.7 Å². The van der Waals surface area contributed by atoms with Gasteiger partial charge in [0.25, 0.3) is 5.91 Å². The van der Waals surface area contributed by atoms with Crippen molar-refractivity contribution in [3.8, 4) is 0 Å². The van der Waals surface area contributed by atoms with Gasteiger partial charge in [-0.2, -0.15) is 0 Å². The minimum atomic E-state index is -0.202. The van der Waals surface area contributed by atoms with Crippen LogP contribution in [0.25, 0.3) is 0 Å². The van der Waals surface area contributed by atoms with Crippen molar-refractivity contribution in [3.05, 3.63) is 59.7 Å². The van der Waals surface area contributed by atoms with Gasteiger partial charge < -0.3 is 9.80 Å². The molecule has 0 N–H and O–H groups in total. The maximum atomic E-state index is 13.8. The van der Waals surface area contributed by atoms with Gasteiger partial charge in [-0.15, -0.1) is 0 Å². The number of benzene rings is 1. The molecule has 2 aliphatic heterocycles. The predicted molar refractivity (Wildman–Crippen MR) is 104 cm³/mol. The topological polar surface area (TPSA) is 36.4 Å². The third-order valence-corrected chi connectivity index (χ3v) is 6.08. The second kappa shape index (κ2) is 6.63. The number of fused-ring (bicyclic) bond motifs is 1. The third kappa shape index (κ3) is 3.20. The van der Waals surface area contributed by atoms with Gasteiger partial charge in [0.05, 0.1) is 5.56 Å². The van der Waals surface area contributed by atoms with E-state index in [1.165, 1.54) is 6.07 Å². The van der Waals surface area contributed by atoms with Crippen LogP contribution in [0.4, 0.5) is 10.1 Å². The van der Waals surface area contributed by atoms with Crippen LogP contribution in [0.1, 0.15) is 42.6 Å². The summed E-state index contributed by atoms with van der Waals surface area (Å²) in [6, 6.07) is 9.09. The van der Waals surface area contributed by atoms with Gasteiger partial charge in [-0.05, 0) is 69.4 Å². The average Bonchev–Trinajstić information content (AvgIpc) is 2.90. The Hall–Kier alpha value is -2.43. The third-order valence-electron chi connectivity index (χ3n) is 6.08. The highest BCUT2D eigenvalue weighted by Gasteiger charge is 2.48. The fraction of sp³-hybridized carbons (Fsp3) is 0.455. The molecule has 5 heteroatoms. The number of halogens is 1. The van der Waals surface area contributed by atoms with Gasteiger partial charge in [0.2, 0.25) is 0 Å². The van der Waals surface area contributed by atoms with E-state index in [9.17, 15) is 9.18 Å². The Labute approximate surface area is 160 Å². The molecule has 1 aromatic heterocycles. The number of rotatable bonds is 2. The number of nitrogens with zero attached hydrogens (tertiary/aromatic N) is 3. The van der Waals surface area contributed by atoms with Crippen molar-refractivity contribution in [2.45, 2.75) is 45.2 Å². The number of hydrogen-bond acceptors (Lipinski definition) is 3. The summed E-state index contributed by atoms with van der Waals surface area (Å²) < 4.78 is 13.8. The zero-order valence-electron chi connectivity index (χ0n) is 16.2. The van der Waals surface area contributed by atoms with Crippen LogP contribution in [0.3, 0.4) is 0 Å². The monoisotopic (exact) mass is 367 g/mol. The van der Waals surface area contributed by atoms with Crippen LogP contribution in [0.2, 0.25) is 0 Å². The average molecular weight is 367 g/mol. The largest absolute Gasteiger partial charge is 0.363 e. The lowest BCUT2D eigenvalue weighted by atomic mass is 9.89. The molecule has 0 aliphatic carbocycles. The number of piperidine rings is 1. The number of aryl methyl sites for hydroxylation is 1. The summed E-state index contributed by atoms with van der Waals surface area (Å²) in [6.07, 6.45) is 5.27. The van der Waals surface area contributed by atoms with Crippen molar-refractivity contribution in [3.63, 3.8) is 0 Å². The van der Waals surface area contributed by atoms with E-state index in [4.69, 9.17) is 0 Å². The molecule has 1 amide bonds. The standard InChI is InChI=1S/C22H26FN3O/c1-15-7-9-24-13-19(15)21(27)25-10-8-20-16(14-25)12-22(2,3)26(20)18-6-4-5-17(23)11-18/h4-7,9,11,13,16,20H,8,10,12,14H2,1-3H3/t16-,20+/m1/s1. The van der Waals surface area contributed by atoms with Crippen LogP contribution in [0, 0.1) is 18.7 Å². The summed E-state index contributed by atoms with van der Waals surface area (Å²) in [5.74, 6) is 0.255. The first kappa shape index (κ1) is 18.0. The SMILES string of the molecule is Cc1ccncc1C(=O)N1CC[C@H]2[C@@H](C1)CC(C)(C)N2c1cccc(F)c1. The molecule has 142 valence electrons. The molecule has 2 aromatic rings. The molecular weight excluding hydrogens is 341 g/mol. The molecule has 0 radical (unpaired) electrons. The quantitative estimate of drug-likeness (QED) is 0.803. The van der Waals surface area contributed by atoms with Crippen molar-refractivity contribution in [1.29, 1.82) is 0 Å². The molecule has 1 aromatic carbocycles. The van der Waals surface area contributed by atoms with Crippen molar-refractivity contribution >= 4 is 11.6 Å². The Balaban J connectivity index is 1.57. The van der Waals surface area contributed by atoms with Gasteiger partial charge in [-0.25, -0.2) is 4.39 Å². The fourth-order valence-electron chi connectivity index (χ4n) is 4.96. The number of amides is 1. The number of hydrogen-bond donors (Lipinski definition) is 0. The fourth-order valence-corrected chi connectivity index (χ4v) is 4.96. The number of aromatic nitrogens is 1. The molecule has 27 heavy (non-hydrogen) atoms. The summed E-state index contributed by atoms with van der Waals surface area (Å²) in [6.45, 7) is 7.84. The van der Waals surface area contributed by atoms with Crippen molar-refractivity contribution in [2.24, 2.45) is 5.92 Å². The Morgan fingerprint density at radius 3 is 2.85 bits per heavy atom. The van der Waals surface area contributed by atoms with Crippen LogP contribution in [-0.2, 0) is 0 Å². The molecule has 2 fully saturated rings. The molecule has 2 saturated heterocycles. The van der Waals surface area contributed by atoms with Crippen molar-refractivity contribution in [1.82, 2.24) is 9.88 Å². The number of likely N-dealkylation sites (tertiary alicyclic amines) is 1. The molecule has 3 heterocycles. The second-order valence-corrected chi connectivity index (χ2v) is 8.42. The van der Waals surface area contributed by atoms with E-state index in [1.807, 2.05) is 24.0 Å². The smallest absolute Gasteiger partial charge is 0.255 e. The van der Waals surface area contributed by atoms with Crippen LogP contribution in [-0.4, -0.2) is 40.5 Å². The molecule has 4 rings (SSSR count). The minimum absolute atomic E-state index is 0.0631. The van der Waals surface area contributed by atoms with Gasteiger partial charge >= 0.3 is 0 Å². The first-order valence-electron chi connectivity index (χ1n) is 9.61. The maximum Gasteiger partial charge on any atom is 0.255 e. The molecule has 0 bridgehead atoms. The van der Waals surface area contributed by atoms with E-state index in [-0.39, 0.29) is 17.3 Å². The molecule has 2 atom stereocenters. The number of carbonyl (C=O) groups is 1. The summed E-state index contributed by atoms with van der Waals surface area (Å²) in [7, 11) is 0. The summed E-state index contributed by atoms with van der Waals surface area (Å²) >= 11 is 0. The van der Waals surface area contributed by atoms with E-state index in [0.717, 1.165) is 37.2 Å². The van der Waals surface area contributed by atoms with Crippen molar-refractivity contribution in [2.75, 3.05) is 18.0 Å². The molecule has 2 aliphatic rings. The van der Waals surface area contributed by atoms with E-state index in [2.05, 4.69) is 23.7 Å². The van der Waals surface area contributed by atoms with E-state index < -0.39 is 0 Å². The lowest BCUT2D eigenvalue weighted by molar-refractivity contribution is 0.0666. The zero-order chi connectivity index (χ0) is 19.2. The second-order valence-electron chi connectivity index (χ2n) is 8.42. The number of pyridine rings is 1. The summed E-state index contributed by atoms with van der Waals surface area (Å²) in [4.78, 5) is 21.5. The van der Waals surface area contributed by atoms with E-state index in [0.29, 0.717) is 17.5 Å². The summed E-state index contributed by atoms with van der Waals surface area (Å²) in [5.41, 5.74) is 2.53. The highest BCUT2D eigenvalue weighted by atomic mass is 19.1. The van der Waals surface area contributed by atoms with Crippen LogP contribution in [0.5, 0.6) is 0 Å². The highest BCUT2D eigenvalue weighted by molar-refractivity contribution is 5.95. The number of anilines is 1. The van der Waals surface area contributed by atoms with E-state index >= 15 is 0 Å². The Morgan fingerprint density at radius 2 is 2.11 bits per heavy atom. The van der Waals surface area contributed by atoms with Gasteiger partial charge in [0.1, 0.15) is 5.82 Å². The zero-order valence-corrected chi connectivity index (χ0v) is 16.2. The summed E-state index contributed by atoms with van der Waals surface area (Å²) in [5, 5.41) is 0. The first-order valence-corrected chi connectivity index (χ1v) is 9.61. The Kier molecular flexibility index (Phi) is 4.41. The lowest BCUT2D eigenvalue weighted by Crippen LogP contribution is -2.50. The molecule has 0 saturated carbocycles. The Morgan fingerprint density at radius 1 is 1.30 bits per heavy atom. The van der Waals surface area contributed by atoms with Gasteiger partial charge in [-0.1, -0.05) is 6.07 Å². The molecule has 0 spiro atoms.